The van der Waals surface area contributed by atoms with Gasteiger partial charge in [0.15, 0.2) is 0 Å². The van der Waals surface area contributed by atoms with Crippen molar-refractivity contribution in [2.75, 3.05) is 19.0 Å². The molecule has 1 heterocycles. The molecule has 0 bridgehead atoms. The number of alkyl halides is 3. The van der Waals surface area contributed by atoms with Gasteiger partial charge in [0.1, 0.15) is 0 Å². The van der Waals surface area contributed by atoms with E-state index in [2.05, 4.69) is 10.3 Å². The second-order valence-corrected chi connectivity index (χ2v) is 5.42. The molecule has 0 fully saturated rings. The lowest BCUT2D eigenvalue weighted by molar-refractivity contribution is -0.138. The third-order valence-corrected chi connectivity index (χ3v) is 3.72. The van der Waals surface area contributed by atoms with Gasteiger partial charge in [0, 0.05) is 24.7 Å². The quantitative estimate of drug-likeness (QED) is 0.915. The topological polar surface area (TPSA) is 28.2 Å². The lowest BCUT2D eigenvalue weighted by Gasteiger charge is -2.21. The summed E-state index contributed by atoms with van der Waals surface area (Å²) >= 11 is 1.47. The SMILES string of the molecule is CNCc1ccc(N(C)Cc2cscn2)cc1C(F)(F)F. The molecule has 0 radical (unpaired) electrons. The number of aromatic nitrogens is 1. The van der Waals surface area contributed by atoms with E-state index in [0.717, 1.165) is 5.69 Å². The first-order valence-electron chi connectivity index (χ1n) is 6.34. The van der Waals surface area contributed by atoms with Crippen molar-refractivity contribution in [3.8, 4) is 0 Å². The maximum Gasteiger partial charge on any atom is 0.416 e. The first-order chi connectivity index (χ1) is 9.91. The van der Waals surface area contributed by atoms with Crippen LogP contribution < -0.4 is 10.2 Å². The van der Waals surface area contributed by atoms with Crippen molar-refractivity contribution in [2.45, 2.75) is 19.3 Å². The van der Waals surface area contributed by atoms with Crippen LogP contribution in [0.2, 0.25) is 0 Å². The van der Waals surface area contributed by atoms with Gasteiger partial charge in [-0.3, -0.25) is 0 Å². The Morgan fingerprint density at radius 2 is 2.10 bits per heavy atom. The van der Waals surface area contributed by atoms with Crippen molar-refractivity contribution in [3.63, 3.8) is 0 Å². The first kappa shape index (κ1) is 15.8. The van der Waals surface area contributed by atoms with E-state index in [1.54, 1.807) is 30.6 Å². The number of nitrogens with zero attached hydrogens (tertiary/aromatic N) is 2. The fourth-order valence-corrected chi connectivity index (χ4v) is 2.61. The van der Waals surface area contributed by atoms with Crippen molar-refractivity contribution in [1.82, 2.24) is 10.3 Å². The molecule has 0 unspecified atom stereocenters. The number of rotatable bonds is 5. The summed E-state index contributed by atoms with van der Waals surface area (Å²) in [7, 11) is 3.38. The zero-order chi connectivity index (χ0) is 15.5. The number of benzene rings is 1. The number of nitrogens with one attached hydrogen (secondary N) is 1. The van der Waals surface area contributed by atoms with Gasteiger partial charge in [0.25, 0.3) is 0 Å². The van der Waals surface area contributed by atoms with E-state index < -0.39 is 11.7 Å². The Balaban J connectivity index is 2.28. The van der Waals surface area contributed by atoms with E-state index in [9.17, 15) is 13.2 Å². The Kier molecular flexibility index (Phi) is 4.84. The van der Waals surface area contributed by atoms with Crippen LogP contribution in [0.3, 0.4) is 0 Å². The molecule has 2 rings (SSSR count). The third-order valence-electron chi connectivity index (χ3n) is 3.09. The minimum Gasteiger partial charge on any atom is -0.369 e. The molecule has 114 valence electrons. The molecule has 0 spiro atoms. The number of hydrogen-bond donors (Lipinski definition) is 1. The van der Waals surface area contributed by atoms with Crippen LogP contribution in [-0.2, 0) is 19.3 Å². The minimum atomic E-state index is -4.36. The Morgan fingerprint density at radius 3 is 2.67 bits per heavy atom. The molecule has 7 heteroatoms. The zero-order valence-corrected chi connectivity index (χ0v) is 12.6. The molecule has 1 N–H and O–H groups in total. The second-order valence-electron chi connectivity index (χ2n) is 4.71. The van der Waals surface area contributed by atoms with Crippen LogP contribution >= 0.6 is 11.3 Å². The molecule has 0 saturated carbocycles. The summed E-state index contributed by atoms with van der Waals surface area (Å²) in [5.74, 6) is 0. The molecule has 21 heavy (non-hydrogen) atoms. The van der Waals surface area contributed by atoms with Crippen LogP contribution in [0.25, 0.3) is 0 Å². The molecule has 0 amide bonds. The molecule has 1 aromatic carbocycles. The molecule has 1 aromatic heterocycles. The van der Waals surface area contributed by atoms with E-state index >= 15 is 0 Å². The summed E-state index contributed by atoms with van der Waals surface area (Å²) in [6.07, 6.45) is -4.36. The van der Waals surface area contributed by atoms with Gasteiger partial charge in [-0.05, 0) is 24.7 Å². The van der Waals surface area contributed by atoms with Crippen LogP contribution in [0.5, 0.6) is 0 Å². The number of anilines is 1. The van der Waals surface area contributed by atoms with Crippen LogP contribution in [0.15, 0.2) is 29.1 Å². The van der Waals surface area contributed by atoms with Gasteiger partial charge in [-0.2, -0.15) is 13.2 Å². The highest BCUT2D eigenvalue weighted by Crippen LogP contribution is 2.34. The Labute approximate surface area is 125 Å². The average Bonchev–Trinajstić information content (AvgIpc) is 2.91. The molecule has 3 nitrogen and oxygen atoms in total. The van der Waals surface area contributed by atoms with Gasteiger partial charge >= 0.3 is 6.18 Å². The highest BCUT2D eigenvalue weighted by Gasteiger charge is 2.33. The molecule has 0 atom stereocenters. The molecule has 0 aliphatic rings. The van der Waals surface area contributed by atoms with Gasteiger partial charge in [-0.1, -0.05) is 6.07 Å². The van der Waals surface area contributed by atoms with Crippen LogP contribution in [0.4, 0.5) is 18.9 Å². The number of hydrogen-bond acceptors (Lipinski definition) is 4. The van der Waals surface area contributed by atoms with Crippen LogP contribution in [0.1, 0.15) is 16.8 Å². The lowest BCUT2D eigenvalue weighted by Crippen LogP contribution is -2.19. The van der Waals surface area contributed by atoms with Crippen molar-refractivity contribution in [2.24, 2.45) is 0 Å². The van der Waals surface area contributed by atoms with E-state index in [1.807, 2.05) is 5.38 Å². The third kappa shape index (κ3) is 3.95. The van der Waals surface area contributed by atoms with E-state index in [0.29, 0.717) is 12.2 Å². The van der Waals surface area contributed by atoms with Gasteiger partial charge in [-0.15, -0.1) is 11.3 Å². The molecule has 0 aliphatic heterocycles. The molecular formula is C14H16F3N3S. The standard InChI is InChI=1S/C14H16F3N3S/c1-18-6-10-3-4-12(5-13(10)14(15,16)17)20(2)7-11-8-21-9-19-11/h3-5,8-9,18H,6-7H2,1-2H3. The van der Waals surface area contributed by atoms with E-state index in [-0.39, 0.29) is 12.1 Å². The summed E-state index contributed by atoms with van der Waals surface area (Å²) in [6, 6.07) is 4.42. The molecule has 0 aliphatic carbocycles. The fourth-order valence-electron chi connectivity index (χ4n) is 2.06. The number of thiazole rings is 1. The average molecular weight is 315 g/mol. The second kappa shape index (κ2) is 6.44. The maximum absolute atomic E-state index is 13.1. The van der Waals surface area contributed by atoms with Gasteiger partial charge < -0.3 is 10.2 Å². The summed E-state index contributed by atoms with van der Waals surface area (Å²) in [6.45, 7) is 0.664. The van der Waals surface area contributed by atoms with E-state index in [1.165, 1.54) is 23.5 Å². The predicted octanol–water partition coefficient (Wildman–Crippen LogP) is 3.52. The minimum absolute atomic E-state index is 0.185. The van der Waals surface area contributed by atoms with Gasteiger partial charge in [0.05, 0.1) is 23.3 Å². The van der Waals surface area contributed by atoms with Crippen molar-refractivity contribution in [1.29, 1.82) is 0 Å². The normalized spacial score (nSPS) is 11.7. The van der Waals surface area contributed by atoms with E-state index in [4.69, 9.17) is 0 Å². The monoisotopic (exact) mass is 315 g/mol. The van der Waals surface area contributed by atoms with Crippen LogP contribution in [-0.4, -0.2) is 19.1 Å². The van der Waals surface area contributed by atoms with Crippen LogP contribution in [0, 0.1) is 0 Å². The predicted molar refractivity (Wildman–Crippen MR) is 78.4 cm³/mol. The summed E-state index contributed by atoms with van der Waals surface area (Å²) in [4.78, 5) is 5.90. The first-order valence-corrected chi connectivity index (χ1v) is 7.29. The van der Waals surface area contributed by atoms with Crippen molar-refractivity contribution >= 4 is 17.0 Å². The molecular weight excluding hydrogens is 299 g/mol. The molecule has 0 saturated heterocycles. The zero-order valence-electron chi connectivity index (χ0n) is 11.7. The maximum atomic E-state index is 13.1. The lowest BCUT2D eigenvalue weighted by atomic mass is 10.1. The van der Waals surface area contributed by atoms with Gasteiger partial charge in [0.2, 0.25) is 0 Å². The van der Waals surface area contributed by atoms with Crippen molar-refractivity contribution in [3.05, 3.63) is 45.9 Å². The Hall–Kier alpha value is -1.60. The summed E-state index contributed by atoms with van der Waals surface area (Å²) < 4.78 is 39.4. The largest absolute Gasteiger partial charge is 0.416 e. The smallest absolute Gasteiger partial charge is 0.369 e. The summed E-state index contributed by atoms with van der Waals surface area (Å²) in [5.41, 5.74) is 2.72. The fraction of sp³-hybridized carbons (Fsp3) is 0.357. The van der Waals surface area contributed by atoms with Crippen molar-refractivity contribution < 1.29 is 13.2 Å². The summed E-state index contributed by atoms with van der Waals surface area (Å²) in [5, 5.41) is 4.64. The Bertz CT molecular complexity index is 582. The highest BCUT2D eigenvalue weighted by molar-refractivity contribution is 7.07. The van der Waals surface area contributed by atoms with Gasteiger partial charge in [-0.25, -0.2) is 4.98 Å². The highest BCUT2D eigenvalue weighted by atomic mass is 32.1. The molecule has 2 aromatic rings. The Morgan fingerprint density at radius 1 is 1.33 bits per heavy atom. The number of halogens is 3.